The fraction of sp³-hybridized carbons (Fsp3) is 0.133. The maximum atomic E-state index is 13.1. The van der Waals surface area contributed by atoms with Crippen molar-refractivity contribution < 1.29 is 9.47 Å². The van der Waals surface area contributed by atoms with E-state index in [1.165, 1.54) is 5.56 Å². The molecule has 0 aliphatic carbocycles. The molecule has 5 rings (SSSR count). The van der Waals surface area contributed by atoms with Gasteiger partial charge in [-0.3, -0.25) is 14.1 Å². The highest BCUT2D eigenvalue weighted by Crippen LogP contribution is 2.22. The van der Waals surface area contributed by atoms with Crippen molar-refractivity contribution in [2.75, 3.05) is 19.7 Å². The minimum atomic E-state index is -0.149. The van der Waals surface area contributed by atoms with Crippen LogP contribution < -0.4 is 20.5 Å². The first kappa shape index (κ1) is 24.1. The van der Waals surface area contributed by atoms with Crippen LogP contribution in [0.2, 0.25) is 0 Å². The molecule has 0 saturated carbocycles. The van der Waals surface area contributed by atoms with Gasteiger partial charge in [0.15, 0.2) is 0 Å². The molecule has 37 heavy (non-hydrogen) atoms. The Morgan fingerprint density at radius 1 is 0.676 bits per heavy atom. The van der Waals surface area contributed by atoms with E-state index in [9.17, 15) is 4.79 Å². The van der Waals surface area contributed by atoms with Crippen LogP contribution in [0.3, 0.4) is 0 Å². The van der Waals surface area contributed by atoms with E-state index in [-0.39, 0.29) is 5.69 Å². The molecule has 0 aliphatic heterocycles. The first-order valence-electron chi connectivity index (χ1n) is 12.2. The highest BCUT2D eigenvalue weighted by Gasteiger charge is 2.08. The van der Waals surface area contributed by atoms with E-state index in [0.717, 1.165) is 42.4 Å². The third kappa shape index (κ3) is 6.34. The van der Waals surface area contributed by atoms with E-state index in [0.29, 0.717) is 12.4 Å². The van der Waals surface area contributed by atoms with Gasteiger partial charge in [0, 0.05) is 31.3 Å². The smallest absolute Gasteiger partial charge is 0.337 e. The topological polar surface area (TPSA) is 70.3 Å². The quantitative estimate of drug-likeness (QED) is 0.262. The number of rotatable bonds is 11. The number of nitrogens with zero attached hydrogens (tertiary/aromatic N) is 3. The number of hydrogen-bond acceptors (Lipinski definition) is 5. The molecule has 2 aromatic heterocycles. The van der Waals surface area contributed by atoms with Gasteiger partial charge < -0.3 is 14.8 Å². The minimum absolute atomic E-state index is 0.149. The van der Waals surface area contributed by atoms with Crippen molar-refractivity contribution in [3.8, 4) is 28.6 Å². The van der Waals surface area contributed by atoms with Gasteiger partial charge in [0.2, 0.25) is 0 Å². The number of hydrogen-bond donors (Lipinski definition) is 1. The number of aromatic nitrogens is 3. The van der Waals surface area contributed by atoms with Crippen molar-refractivity contribution in [3.05, 3.63) is 132 Å². The van der Waals surface area contributed by atoms with Gasteiger partial charge in [0.1, 0.15) is 23.9 Å². The van der Waals surface area contributed by atoms with Crippen LogP contribution in [0.15, 0.2) is 121 Å². The number of ether oxygens (including phenoxy) is 2. The lowest BCUT2D eigenvalue weighted by Gasteiger charge is -2.09. The highest BCUT2D eigenvalue weighted by molar-refractivity contribution is 5.41. The summed E-state index contributed by atoms with van der Waals surface area (Å²) in [6.45, 7) is 2.20. The minimum Gasteiger partial charge on any atom is -0.492 e. The number of nitrogens with one attached hydrogen (secondary N) is 1. The van der Waals surface area contributed by atoms with E-state index in [4.69, 9.17) is 9.47 Å². The number of para-hydroxylation sites is 1. The molecule has 7 nitrogen and oxygen atoms in total. The molecule has 7 heteroatoms. The van der Waals surface area contributed by atoms with E-state index < -0.39 is 0 Å². The van der Waals surface area contributed by atoms with E-state index in [1.54, 1.807) is 21.5 Å². The summed E-state index contributed by atoms with van der Waals surface area (Å²) < 4.78 is 14.9. The standard InChI is InChI=1S/C30H28N4O3/c35-30-33(21-22-34(30)26-8-12-29(13-9-26)37-28-4-2-1-3-5-28)25-6-10-27(11-7-25)36-23-20-32-19-16-24-14-17-31-18-15-24/h1-15,17-18,21-22,32H,16,19-20,23H2. The van der Waals surface area contributed by atoms with Crippen molar-refractivity contribution in [1.82, 2.24) is 19.4 Å². The molecule has 1 N–H and O–H groups in total. The zero-order valence-corrected chi connectivity index (χ0v) is 20.4. The average Bonchev–Trinajstić information content (AvgIpc) is 3.33. The summed E-state index contributed by atoms with van der Waals surface area (Å²) in [5.74, 6) is 2.24. The first-order chi connectivity index (χ1) is 18.3. The van der Waals surface area contributed by atoms with Crippen molar-refractivity contribution in [1.29, 1.82) is 0 Å². The lowest BCUT2D eigenvalue weighted by atomic mass is 10.2. The number of imidazole rings is 1. The van der Waals surface area contributed by atoms with Crippen LogP contribution in [0.4, 0.5) is 0 Å². The van der Waals surface area contributed by atoms with Crippen LogP contribution in [0, 0.1) is 0 Å². The van der Waals surface area contributed by atoms with Crippen LogP contribution in [-0.4, -0.2) is 33.8 Å². The average molecular weight is 493 g/mol. The van der Waals surface area contributed by atoms with E-state index in [1.807, 2.05) is 103 Å². The maximum Gasteiger partial charge on any atom is 0.337 e. The second-order valence-electron chi connectivity index (χ2n) is 8.43. The molecule has 0 saturated heterocycles. The molecule has 0 unspecified atom stereocenters. The van der Waals surface area contributed by atoms with Crippen LogP contribution in [0.25, 0.3) is 11.4 Å². The lowest BCUT2D eigenvalue weighted by molar-refractivity contribution is 0.314. The van der Waals surface area contributed by atoms with E-state index in [2.05, 4.69) is 10.3 Å². The molecule has 3 aromatic carbocycles. The molecular formula is C30H28N4O3. The van der Waals surface area contributed by atoms with Crippen LogP contribution >= 0.6 is 0 Å². The molecule has 0 amide bonds. The molecule has 2 heterocycles. The number of benzene rings is 3. The molecule has 0 fully saturated rings. The molecule has 0 radical (unpaired) electrons. The fourth-order valence-electron chi connectivity index (χ4n) is 3.92. The van der Waals surface area contributed by atoms with Crippen LogP contribution in [0.5, 0.6) is 17.2 Å². The fourth-order valence-corrected chi connectivity index (χ4v) is 3.92. The summed E-state index contributed by atoms with van der Waals surface area (Å²) >= 11 is 0. The molecule has 186 valence electrons. The molecule has 0 aliphatic rings. The van der Waals surface area contributed by atoms with Gasteiger partial charge in [-0.25, -0.2) is 4.79 Å². The van der Waals surface area contributed by atoms with E-state index >= 15 is 0 Å². The van der Waals surface area contributed by atoms with Gasteiger partial charge in [0.25, 0.3) is 0 Å². The zero-order valence-electron chi connectivity index (χ0n) is 20.4. The Morgan fingerprint density at radius 3 is 1.92 bits per heavy atom. The first-order valence-corrected chi connectivity index (χ1v) is 12.2. The third-order valence-electron chi connectivity index (χ3n) is 5.87. The number of pyridine rings is 1. The summed E-state index contributed by atoms with van der Waals surface area (Å²) in [7, 11) is 0. The molecule has 0 spiro atoms. The Labute approximate surface area is 215 Å². The summed E-state index contributed by atoms with van der Waals surface area (Å²) in [4.78, 5) is 17.1. The molecule has 0 bridgehead atoms. The van der Waals surface area contributed by atoms with Crippen molar-refractivity contribution >= 4 is 0 Å². The Hall–Kier alpha value is -4.62. The summed E-state index contributed by atoms with van der Waals surface area (Å²) in [6, 6.07) is 28.6. The second-order valence-corrected chi connectivity index (χ2v) is 8.43. The lowest BCUT2D eigenvalue weighted by Crippen LogP contribution is -2.23. The maximum absolute atomic E-state index is 13.1. The summed E-state index contributed by atoms with van der Waals surface area (Å²) in [6.07, 6.45) is 8.10. The Kier molecular flexibility index (Phi) is 7.73. The van der Waals surface area contributed by atoms with Crippen molar-refractivity contribution in [2.24, 2.45) is 0 Å². The van der Waals surface area contributed by atoms with Gasteiger partial charge in [-0.1, -0.05) is 18.2 Å². The second kappa shape index (κ2) is 11.9. The Bertz CT molecular complexity index is 1450. The highest BCUT2D eigenvalue weighted by atomic mass is 16.5. The third-order valence-corrected chi connectivity index (χ3v) is 5.87. The predicted octanol–water partition coefficient (Wildman–Crippen LogP) is 5.03. The van der Waals surface area contributed by atoms with Crippen molar-refractivity contribution in [2.45, 2.75) is 6.42 Å². The summed E-state index contributed by atoms with van der Waals surface area (Å²) in [5.41, 5.74) is 2.65. The SMILES string of the molecule is O=c1n(-c2ccc(OCCNCCc3ccncc3)cc2)ccn1-c1ccc(Oc2ccccc2)cc1. The van der Waals surface area contributed by atoms with Gasteiger partial charge in [-0.2, -0.15) is 0 Å². The van der Waals surface area contributed by atoms with Crippen LogP contribution in [0.1, 0.15) is 5.56 Å². The largest absolute Gasteiger partial charge is 0.492 e. The zero-order chi connectivity index (χ0) is 25.3. The van der Waals surface area contributed by atoms with Gasteiger partial charge in [0.05, 0.1) is 11.4 Å². The van der Waals surface area contributed by atoms with Crippen LogP contribution in [-0.2, 0) is 6.42 Å². The predicted molar refractivity (Wildman–Crippen MR) is 144 cm³/mol. The Morgan fingerprint density at radius 2 is 1.27 bits per heavy atom. The molecule has 5 aromatic rings. The van der Waals surface area contributed by atoms with Gasteiger partial charge in [-0.15, -0.1) is 0 Å². The van der Waals surface area contributed by atoms with Gasteiger partial charge >= 0.3 is 5.69 Å². The van der Waals surface area contributed by atoms with Crippen molar-refractivity contribution in [3.63, 3.8) is 0 Å². The molecule has 0 atom stereocenters. The van der Waals surface area contributed by atoms with Gasteiger partial charge in [-0.05, 0) is 91.3 Å². The Balaban J connectivity index is 1.14. The summed E-state index contributed by atoms with van der Waals surface area (Å²) in [5, 5.41) is 3.38. The normalized spacial score (nSPS) is 10.8. The monoisotopic (exact) mass is 492 g/mol. The molecular weight excluding hydrogens is 464 g/mol.